The highest BCUT2D eigenvalue weighted by Gasteiger charge is 2.41. The lowest BCUT2D eigenvalue weighted by Crippen LogP contribution is -2.24. The first-order chi connectivity index (χ1) is 4.81. The largest absolute Gasteiger partial charge is 0.323 e. The van der Waals surface area contributed by atoms with Crippen LogP contribution in [-0.4, -0.2) is 31.1 Å². The second-order valence-electron chi connectivity index (χ2n) is 3.30. The monoisotopic (exact) mass is 158 g/mol. The zero-order valence-corrected chi connectivity index (χ0v) is 7.02. The van der Waals surface area contributed by atoms with Gasteiger partial charge >= 0.3 is 0 Å². The molecule has 10 heavy (non-hydrogen) atoms. The van der Waals surface area contributed by atoms with E-state index in [1.807, 2.05) is 0 Å². The molecule has 2 fully saturated rings. The molecular weight excluding hydrogens is 145 g/mol. The van der Waals surface area contributed by atoms with Crippen molar-refractivity contribution in [3.8, 4) is 0 Å². The lowest BCUT2D eigenvalue weighted by Gasteiger charge is -2.21. The SMILES string of the molecule is O=P1(C2CC2)CC[N]CC1. The van der Waals surface area contributed by atoms with Crippen LogP contribution in [0, 0.1) is 0 Å². The van der Waals surface area contributed by atoms with E-state index in [1.54, 1.807) is 0 Å². The van der Waals surface area contributed by atoms with Crippen LogP contribution in [0.25, 0.3) is 0 Å². The van der Waals surface area contributed by atoms with Gasteiger partial charge in [-0.1, -0.05) is 0 Å². The van der Waals surface area contributed by atoms with E-state index in [0.29, 0.717) is 5.66 Å². The molecule has 0 unspecified atom stereocenters. The highest BCUT2D eigenvalue weighted by atomic mass is 31.2. The van der Waals surface area contributed by atoms with Gasteiger partial charge in [-0.15, -0.1) is 0 Å². The highest BCUT2D eigenvalue weighted by molar-refractivity contribution is 7.65. The molecule has 0 aromatic heterocycles. The van der Waals surface area contributed by atoms with Crippen molar-refractivity contribution in [1.29, 1.82) is 0 Å². The fraction of sp³-hybridized carbons (Fsp3) is 1.00. The average molecular weight is 158 g/mol. The summed E-state index contributed by atoms with van der Waals surface area (Å²) in [6.07, 6.45) is 4.30. The first-order valence-electron chi connectivity index (χ1n) is 4.02. The van der Waals surface area contributed by atoms with E-state index in [9.17, 15) is 4.57 Å². The topological polar surface area (TPSA) is 31.2 Å². The van der Waals surface area contributed by atoms with Crippen molar-refractivity contribution in [3.63, 3.8) is 0 Å². The Morgan fingerprint density at radius 3 is 2.30 bits per heavy atom. The van der Waals surface area contributed by atoms with Crippen molar-refractivity contribution in [2.24, 2.45) is 0 Å². The van der Waals surface area contributed by atoms with Crippen molar-refractivity contribution < 1.29 is 4.57 Å². The van der Waals surface area contributed by atoms with E-state index < -0.39 is 7.14 Å². The molecule has 1 radical (unpaired) electrons. The van der Waals surface area contributed by atoms with Crippen LogP contribution in [0.1, 0.15) is 12.8 Å². The predicted molar refractivity (Wildman–Crippen MR) is 42.2 cm³/mol. The normalized spacial score (nSPS) is 32.0. The smallest absolute Gasteiger partial charge is 0.0932 e. The van der Waals surface area contributed by atoms with Crippen LogP contribution in [0.4, 0.5) is 0 Å². The summed E-state index contributed by atoms with van der Waals surface area (Å²) in [6.45, 7) is 1.74. The van der Waals surface area contributed by atoms with Crippen molar-refractivity contribution in [2.45, 2.75) is 18.5 Å². The second kappa shape index (κ2) is 2.35. The summed E-state index contributed by atoms with van der Waals surface area (Å²) in [4.78, 5) is 0. The zero-order valence-electron chi connectivity index (χ0n) is 6.12. The van der Waals surface area contributed by atoms with Gasteiger partial charge in [0, 0.05) is 31.1 Å². The first kappa shape index (κ1) is 6.87. The van der Waals surface area contributed by atoms with Crippen LogP contribution in [0.3, 0.4) is 0 Å². The summed E-state index contributed by atoms with van der Waals surface area (Å²) in [5, 5.41) is 4.21. The van der Waals surface area contributed by atoms with Gasteiger partial charge < -0.3 is 4.57 Å². The minimum atomic E-state index is -1.67. The van der Waals surface area contributed by atoms with Crippen LogP contribution in [0.5, 0.6) is 0 Å². The number of hydrogen-bond acceptors (Lipinski definition) is 1. The highest BCUT2D eigenvalue weighted by Crippen LogP contribution is 2.60. The molecule has 1 saturated carbocycles. The first-order valence-corrected chi connectivity index (χ1v) is 6.17. The molecule has 1 aliphatic carbocycles. The van der Waals surface area contributed by atoms with Gasteiger partial charge in [-0.3, -0.25) is 0 Å². The van der Waals surface area contributed by atoms with Crippen LogP contribution >= 0.6 is 7.14 Å². The molecule has 0 amide bonds. The van der Waals surface area contributed by atoms with Crippen LogP contribution in [-0.2, 0) is 4.57 Å². The summed E-state index contributed by atoms with van der Waals surface area (Å²) >= 11 is 0. The number of hydrogen-bond donors (Lipinski definition) is 0. The second-order valence-corrected chi connectivity index (χ2v) is 6.83. The fourth-order valence-electron chi connectivity index (χ4n) is 1.61. The lowest BCUT2D eigenvalue weighted by atomic mass is 10.6. The lowest BCUT2D eigenvalue weighted by molar-refractivity contribution is 0.559. The Labute approximate surface area is 61.8 Å². The van der Waals surface area contributed by atoms with Gasteiger partial charge in [0.1, 0.15) is 0 Å². The molecule has 1 heterocycles. The molecule has 0 N–H and O–H groups in total. The minimum absolute atomic E-state index is 0.628. The maximum absolute atomic E-state index is 11.9. The standard InChI is InChI=1S/C7H13NOP/c9-10(7-1-2-7)5-3-8-4-6-10/h7H,1-6H2. The fourth-order valence-corrected chi connectivity index (χ4v) is 4.62. The number of rotatable bonds is 1. The van der Waals surface area contributed by atoms with Crippen molar-refractivity contribution in [3.05, 3.63) is 0 Å². The molecular formula is C7H13NOP. The van der Waals surface area contributed by atoms with Gasteiger partial charge in [-0.2, -0.15) is 0 Å². The summed E-state index contributed by atoms with van der Waals surface area (Å²) in [5.74, 6) is 0. The van der Waals surface area contributed by atoms with E-state index >= 15 is 0 Å². The minimum Gasteiger partial charge on any atom is -0.323 e. The van der Waals surface area contributed by atoms with Crippen molar-refractivity contribution in [2.75, 3.05) is 25.4 Å². The van der Waals surface area contributed by atoms with Gasteiger partial charge in [0.2, 0.25) is 0 Å². The van der Waals surface area contributed by atoms with Gasteiger partial charge in [0.05, 0.1) is 7.14 Å². The molecule has 2 nitrogen and oxygen atoms in total. The van der Waals surface area contributed by atoms with E-state index in [0.717, 1.165) is 25.4 Å². The summed E-state index contributed by atoms with van der Waals surface area (Å²) < 4.78 is 11.9. The Morgan fingerprint density at radius 2 is 1.80 bits per heavy atom. The summed E-state index contributed by atoms with van der Waals surface area (Å²) in [6, 6.07) is 0. The molecule has 0 atom stereocenters. The van der Waals surface area contributed by atoms with E-state index in [2.05, 4.69) is 5.32 Å². The molecule has 0 bridgehead atoms. The Kier molecular flexibility index (Phi) is 1.62. The van der Waals surface area contributed by atoms with E-state index in [4.69, 9.17) is 0 Å². The predicted octanol–water partition coefficient (Wildman–Crippen LogP) is 1.13. The van der Waals surface area contributed by atoms with E-state index in [1.165, 1.54) is 12.8 Å². The maximum atomic E-state index is 11.9. The summed E-state index contributed by atoms with van der Waals surface area (Å²) in [5.41, 5.74) is 0.628. The third kappa shape index (κ3) is 1.15. The Morgan fingerprint density at radius 1 is 1.20 bits per heavy atom. The molecule has 0 aromatic rings. The molecule has 1 saturated heterocycles. The van der Waals surface area contributed by atoms with Gasteiger partial charge in [-0.25, -0.2) is 5.32 Å². The van der Waals surface area contributed by atoms with Gasteiger partial charge in [0.15, 0.2) is 0 Å². The maximum Gasteiger partial charge on any atom is 0.0932 e. The molecule has 0 spiro atoms. The zero-order chi connectivity index (χ0) is 7.03. The van der Waals surface area contributed by atoms with Crippen molar-refractivity contribution in [1.82, 2.24) is 5.32 Å². The molecule has 0 aromatic carbocycles. The van der Waals surface area contributed by atoms with Crippen LogP contribution in [0.15, 0.2) is 0 Å². The third-order valence-electron chi connectivity index (χ3n) is 2.49. The molecule has 57 valence electrons. The van der Waals surface area contributed by atoms with Crippen LogP contribution in [0.2, 0.25) is 0 Å². The average Bonchev–Trinajstić information content (AvgIpc) is 2.69. The van der Waals surface area contributed by atoms with E-state index in [-0.39, 0.29) is 0 Å². The Balaban J connectivity index is 2.04. The van der Waals surface area contributed by atoms with Crippen molar-refractivity contribution >= 4 is 7.14 Å². The molecule has 1 aliphatic heterocycles. The van der Waals surface area contributed by atoms with Gasteiger partial charge in [0.25, 0.3) is 0 Å². The van der Waals surface area contributed by atoms with Crippen LogP contribution < -0.4 is 5.32 Å². The molecule has 3 heteroatoms. The Hall–Kier alpha value is 0.190. The molecule has 2 aliphatic rings. The quantitative estimate of drug-likeness (QED) is 0.526. The third-order valence-corrected chi connectivity index (χ3v) is 6.25. The molecule has 2 rings (SSSR count). The Bertz CT molecular complexity index is 166. The summed E-state index contributed by atoms with van der Waals surface area (Å²) in [7, 11) is -1.67. The van der Waals surface area contributed by atoms with Gasteiger partial charge in [-0.05, 0) is 12.8 Å². The number of nitrogens with zero attached hydrogens (tertiary/aromatic N) is 1.